The zero-order chi connectivity index (χ0) is 14.5. The molecule has 1 unspecified atom stereocenters. The zero-order valence-electron chi connectivity index (χ0n) is 11.8. The van der Waals surface area contributed by atoms with Crippen LogP contribution >= 0.6 is 0 Å². The molecule has 2 N–H and O–H groups in total. The summed E-state index contributed by atoms with van der Waals surface area (Å²) in [5.41, 5.74) is 3.69. The van der Waals surface area contributed by atoms with E-state index in [4.69, 9.17) is 0 Å². The maximum absolute atomic E-state index is 3.97. The van der Waals surface area contributed by atoms with Crippen molar-refractivity contribution in [3.8, 4) is 11.1 Å². The average molecular weight is 279 g/mol. The Labute approximate surface area is 123 Å². The molecule has 0 radical (unpaired) electrons. The molecule has 0 aliphatic carbocycles. The van der Waals surface area contributed by atoms with Gasteiger partial charge in [-0.3, -0.25) is 0 Å². The van der Waals surface area contributed by atoms with Crippen LogP contribution in [0.4, 0.5) is 0 Å². The number of hydrogen-bond donors (Lipinski definition) is 2. The first-order valence-corrected chi connectivity index (χ1v) is 6.94. The Morgan fingerprint density at radius 3 is 2.38 bits per heavy atom. The average Bonchev–Trinajstić information content (AvgIpc) is 3.08. The third-order valence-corrected chi connectivity index (χ3v) is 3.42. The number of nitrogens with one attached hydrogen (secondary N) is 2. The van der Waals surface area contributed by atoms with Gasteiger partial charge >= 0.3 is 0 Å². The first-order chi connectivity index (χ1) is 10.3. The van der Waals surface area contributed by atoms with Gasteiger partial charge in [0.2, 0.25) is 0 Å². The number of H-pyrrole nitrogens is 1. The van der Waals surface area contributed by atoms with Crippen LogP contribution in [0.3, 0.4) is 0 Å². The molecule has 0 amide bonds. The Hall–Kier alpha value is -2.53. The standard InChI is InChI=1S/C16H17N5/c1-12(16-18-20-21-19-16)17-11-13-7-9-15(10-8-13)14-5-3-2-4-6-14/h2-10,12,17H,11H2,1H3,(H,18,19,20,21). The highest BCUT2D eigenvalue weighted by molar-refractivity contribution is 5.63. The van der Waals surface area contributed by atoms with Gasteiger partial charge in [0.25, 0.3) is 0 Å². The van der Waals surface area contributed by atoms with Crippen LogP contribution in [0.2, 0.25) is 0 Å². The third kappa shape index (κ3) is 3.32. The second kappa shape index (κ2) is 6.28. The van der Waals surface area contributed by atoms with Crippen LogP contribution in [0.15, 0.2) is 54.6 Å². The van der Waals surface area contributed by atoms with Gasteiger partial charge in [-0.1, -0.05) is 59.8 Å². The molecule has 1 aromatic heterocycles. The minimum Gasteiger partial charge on any atom is -0.303 e. The van der Waals surface area contributed by atoms with Gasteiger partial charge in [-0.25, -0.2) is 0 Å². The monoisotopic (exact) mass is 279 g/mol. The van der Waals surface area contributed by atoms with Crippen molar-refractivity contribution in [3.05, 3.63) is 66.0 Å². The Morgan fingerprint density at radius 2 is 1.71 bits per heavy atom. The van der Waals surface area contributed by atoms with E-state index in [2.05, 4.69) is 74.5 Å². The fraction of sp³-hybridized carbons (Fsp3) is 0.188. The lowest BCUT2D eigenvalue weighted by Gasteiger charge is -2.10. The van der Waals surface area contributed by atoms with Gasteiger partial charge in [-0.15, -0.1) is 10.2 Å². The molecule has 0 aliphatic heterocycles. The number of nitrogens with zero attached hydrogens (tertiary/aromatic N) is 3. The number of aromatic nitrogens is 4. The van der Waals surface area contributed by atoms with Crippen LogP contribution in [0.5, 0.6) is 0 Å². The van der Waals surface area contributed by atoms with Crippen molar-refractivity contribution >= 4 is 0 Å². The fourth-order valence-electron chi connectivity index (χ4n) is 2.16. The SMILES string of the molecule is CC(NCc1ccc(-c2ccccc2)cc1)c1nn[nH]n1. The van der Waals surface area contributed by atoms with E-state index in [9.17, 15) is 0 Å². The van der Waals surface area contributed by atoms with Crippen molar-refractivity contribution in [2.45, 2.75) is 19.5 Å². The summed E-state index contributed by atoms with van der Waals surface area (Å²) < 4.78 is 0. The molecule has 0 bridgehead atoms. The largest absolute Gasteiger partial charge is 0.303 e. The van der Waals surface area contributed by atoms with Crippen molar-refractivity contribution in [2.24, 2.45) is 0 Å². The summed E-state index contributed by atoms with van der Waals surface area (Å²) in [6, 6.07) is 19.0. The summed E-state index contributed by atoms with van der Waals surface area (Å²) in [5, 5.41) is 17.4. The Kier molecular flexibility index (Phi) is 4.02. The van der Waals surface area contributed by atoms with Crippen LogP contribution in [-0.2, 0) is 6.54 Å². The number of benzene rings is 2. The quantitative estimate of drug-likeness (QED) is 0.753. The topological polar surface area (TPSA) is 66.5 Å². The minimum atomic E-state index is 0.0672. The van der Waals surface area contributed by atoms with Gasteiger partial charge in [-0.2, -0.15) is 5.21 Å². The smallest absolute Gasteiger partial charge is 0.191 e. The van der Waals surface area contributed by atoms with Crippen molar-refractivity contribution in [1.82, 2.24) is 25.9 Å². The Balaban J connectivity index is 1.62. The lowest BCUT2D eigenvalue weighted by molar-refractivity contribution is 0.547. The third-order valence-electron chi connectivity index (χ3n) is 3.42. The van der Waals surface area contributed by atoms with E-state index in [0.717, 1.165) is 6.54 Å². The molecular weight excluding hydrogens is 262 g/mol. The summed E-state index contributed by atoms with van der Waals surface area (Å²) in [4.78, 5) is 0. The fourth-order valence-corrected chi connectivity index (χ4v) is 2.16. The molecule has 5 heteroatoms. The molecule has 3 rings (SSSR count). The van der Waals surface area contributed by atoms with Gasteiger partial charge in [0, 0.05) is 6.54 Å². The van der Waals surface area contributed by atoms with Crippen LogP contribution in [-0.4, -0.2) is 20.6 Å². The van der Waals surface area contributed by atoms with Crippen LogP contribution < -0.4 is 5.32 Å². The summed E-state index contributed by atoms with van der Waals surface area (Å²) in [7, 11) is 0. The van der Waals surface area contributed by atoms with Crippen LogP contribution in [0.1, 0.15) is 24.4 Å². The normalized spacial score (nSPS) is 12.2. The highest BCUT2D eigenvalue weighted by Gasteiger charge is 2.09. The molecule has 2 aromatic carbocycles. The zero-order valence-corrected chi connectivity index (χ0v) is 11.8. The van der Waals surface area contributed by atoms with Gasteiger partial charge < -0.3 is 5.32 Å². The van der Waals surface area contributed by atoms with Crippen LogP contribution in [0.25, 0.3) is 11.1 Å². The number of hydrogen-bond acceptors (Lipinski definition) is 4. The number of rotatable bonds is 5. The van der Waals surface area contributed by atoms with Gasteiger partial charge in [0.1, 0.15) is 0 Å². The molecule has 21 heavy (non-hydrogen) atoms. The van der Waals surface area contributed by atoms with E-state index in [0.29, 0.717) is 5.82 Å². The van der Waals surface area contributed by atoms with E-state index in [1.807, 2.05) is 13.0 Å². The summed E-state index contributed by atoms with van der Waals surface area (Å²) >= 11 is 0. The summed E-state index contributed by atoms with van der Waals surface area (Å²) in [5.74, 6) is 0.677. The molecular formula is C16H17N5. The number of tetrazole rings is 1. The molecule has 0 aliphatic rings. The Morgan fingerprint density at radius 1 is 1.00 bits per heavy atom. The van der Waals surface area contributed by atoms with Crippen molar-refractivity contribution in [3.63, 3.8) is 0 Å². The molecule has 3 aromatic rings. The summed E-state index contributed by atoms with van der Waals surface area (Å²) in [6.45, 7) is 2.79. The first kappa shape index (κ1) is 13.5. The second-order valence-electron chi connectivity index (χ2n) is 4.94. The predicted molar refractivity (Wildman–Crippen MR) is 81.3 cm³/mol. The van der Waals surface area contributed by atoms with Gasteiger partial charge in [0.15, 0.2) is 5.82 Å². The molecule has 0 spiro atoms. The van der Waals surface area contributed by atoms with Crippen molar-refractivity contribution in [1.29, 1.82) is 0 Å². The summed E-state index contributed by atoms with van der Waals surface area (Å²) in [6.07, 6.45) is 0. The minimum absolute atomic E-state index is 0.0672. The van der Waals surface area contributed by atoms with E-state index in [-0.39, 0.29) is 6.04 Å². The molecule has 0 saturated carbocycles. The van der Waals surface area contributed by atoms with Gasteiger partial charge in [0.05, 0.1) is 6.04 Å². The van der Waals surface area contributed by atoms with E-state index in [1.165, 1.54) is 16.7 Å². The maximum atomic E-state index is 3.97. The van der Waals surface area contributed by atoms with Crippen molar-refractivity contribution in [2.75, 3.05) is 0 Å². The van der Waals surface area contributed by atoms with E-state index in [1.54, 1.807) is 0 Å². The van der Waals surface area contributed by atoms with Crippen LogP contribution in [0, 0.1) is 0 Å². The first-order valence-electron chi connectivity index (χ1n) is 6.94. The maximum Gasteiger partial charge on any atom is 0.191 e. The lowest BCUT2D eigenvalue weighted by atomic mass is 10.0. The molecule has 106 valence electrons. The highest BCUT2D eigenvalue weighted by Crippen LogP contribution is 2.19. The Bertz CT molecular complexity index is 662. The second-order valence-corrected chi connectivity index (χ2v) is 4.94. The molecule has 1 atom stereocenters. The lowest BCUT2D eigenvalue weighted by Crippen LogP contribution is -2.19. The highest BCUT2D eigenvalue weighted by atomic mass is 15.5. The predicted octanol–water partition coefficient (Wildman–Crippen LogP) is 2.72. The van der Waals surface area contributed by atoms with Gasteiger partial charge in [-0.05, 0) is 23.6 Å². The number of aromatic amines is 1. The van der Waals surface area contributed by atoms with E-state index >= 15 is 0 Å². The molecule has 1 heterocycles. The molecule has 0 fully saturated rings. The van der Waals surface area contributed by atoms with E-state index < -0.39 is 0 Å². The molecule has 0 saturated heterocycles. The van der Waals surface area contributed by atoms with Crippen molar-refractivity contribution < 1.29 is 0 Å². The molecule has 5 nitrogen and oxygen atoms in total.